The van der Waals surface area contributed by atoms with E-state index in [0.29, 0.717) is 22.5 Å². The van der Waals surface area contributed by atoms with E-state index in [4.69, 9.17) is 0 Å². The van der Waals surface area contributed by atoms with Gasteiger partial charge >= 0.3 is 6.18 Å². The highest BCUT2D eigenvalue weighted by Crippen LogP contribution is 2.33. The Morgan fingerprint density at radius 2 is 2.00 bits per heavy atom. The average molecular weight is 492 g/mol. The molecule has 2 N–H and O–H groups in total. The molecule has 1 aliphatic rings. The van der Waals surface area contributed by atoms with Gasteiger partial charge in [-0.15, -0.1) is 11.3 Å². The summed E-state index contributed by atoms with van der Waals surface area (Å²) < 4.78 is 38.4. The Hall–Kier alpha value is -2.72. The number of piperidine rings is 1. The van der Waals surface area contributed by atoms with Gasteiger partial charge in [-0.25, -0.2) is 9.97 Å². The van der Waals surface area contributed by atoms with Crippen LogP contribution in [-0.4, -0.2) is 53.5 Å². The van der Waals surface area contributed by atoms with Gasteiger partial charge in [0, 0.05) is 49.7 Å². The molecule has 1 aliphatic heterocycles. The zero-order valence-electron chi connectivity index (χ0n) is 19.0. The van der Waals surface area contributed by atoms with Gasteiger partial charge < -0.3 is 15.4 Å². The monoisotopic (exact) mass is 491 g/mol. The molecule has 1 saturated heterocycles. The molecule has 1 aromatic carbocycles. The zero-order valence-corrected chi connectivity index (χ0v) is 19.8. The molecule has 182 valence electrons. The predicted molar refractivity (Wildman–Crippen MR) is 129 cm³/mol. The van der Waals surface area contributed by atoms with Crippen molar-refractivity contribution >= 4 is 39.3 Å². The van der Waals surface area contributed by atoms with Crippen LogP contribution < -0.4 is 10.6 Å². The average Bonchev–Trinajstić information content (AvgIpc) is 3.21. The molecular weight excluding hydrogens is 463 g/mol. The fourth-order valence-corrected chi connectivity index (χ4v) is 5.43. The van der Waals surface area contributed by atoms with Crippen molar-refractivity contribution in [2.24, 2.45) is 0 Å². The van der Waals surface area contributed by atoms with Gasteiger partial charge in [-0.3, -0.25) is 4.90 Å². The maximum Gasteiger partial charge on any atom is 0.393 e. The second-order valence-corrected chi connectivity index (χ2v) is 9.70. The van der Waals surface area contributed by atoms with Gasteiger partial charge in [0.1, 0.15) is 23.3 Å². The normalized spacial score (nSPS) is 15.5. The van der Waals surface area contributed by atoms with E-state index in [0.717, 1.165) is 67.8 Å². The molecule has 0 unspecified atom stereocenters. The second kappa shape index (κ2) is 10.7. The molecule has 2 aromatic heterocycles. The van der Waals surface area contributed by atoms with Crippen LogP contribution in [0, 0.1) is 0 Å². The Labute approximate surface area is 200 Å². The number of anilines is 2. The van der Waals surface area contributed by atoms with Gasteiger partial charge in [0.15, 0.2) is 0 Å². The molecule has 0 radical (unpaired) electrons. The number of carbonyl (C=O) groups is 1. The quantitative estimate of drug-likeness (QED) is 0.409. The summed E-state index contributed by atoms with van der Waals surface area (Å²) in [5.74, 6) is 0.607. The van der Waals surface area contributed by atoms with Crippen LogP contribution in [0.1, 0.15) is 35.3 Å². The topological polar surface area (TPSA) is 70.2 Å². The van der Waals surface area contributed by atoms with E-state index < -0.39 is 12.6 Å². The first-order valence-electron chi connectivity index (χ1n) is 11.4. The van der Waals surface area contributed by atoms with Crippen molar-refractivity contribution in [1.29, 1.82) is 0 Å². The van der Waals surface area contributed by atoms with Gasteiger partial charge in [-0.2, -0.15) is 13.2 Å². The lowest BCUT2D eigenvalue weighted by Crippen LogP contribution is -2.38. The minimum atomic E-state index is -4.24. The molecular formula is C24H28F3N5OS. The second-order valence-electron chi connectivity index (χ2n) is 8.59. The smallest absolute Gasteiger partial charge is 0.388 e. The third-order valence-corrected chi connectivity index (χ3v) is 7.10. The molecule has 1 fully saturated rings. The standard InChI is InChI=1S/C24H28F3N5OS/c1-28-21-5-4-16(11-17(21)3-2-10-33)14-32-8-6-18(7-9-32)31-22-20-12-19(13-24(25,26)27)34-23(20)30-15-29-22/h4-5,10-12,15,18,28H,2-3,6-9,13-14H2,1H3,(H,29,30,31). The lowest BCUT2D eigenvalue weighted by atomic mass is 10.0. The summed E-state index contributed by atoms with van der Waals surface area (Å²) in [6.45, 7) is 2.66. The molecule has 0 saturated carbocycles. The van der Waals surface area contributed by atoms with Crippen LogP contribution in [0.5, 0.6) is 0 Å². The van der Waals surface area contributed by atoms with Crippen LogP contribution >= 0.6 is 11.3 Å². The van der Waals surface area contributed by atoms with Crippen LogP contribution in [0.3, 0.4) is 0 Å². The number of aromatic nitrogens is 2. The number of nitrogens with zero attached hydrogens (tertiary/aromatic N) is 3. The number of aldehydes is 1. The van der Waals surface area contributed by atoms with E-state index in [1.807, 2.05) is 7.05 Å². The number of hydrogen-bond acceptors (Lipinski definition) is 7. The Kier molecular flexibility index (Phi) is 7.67. The van der Waals surface area contributed by atoms with Gasteiger partial charge in [0.25, 0.3) is 0 Å². The summed E-state index contributed by atoms with van der Waals surface area (Å²) in [5, 5.41) is 7.28. The molecule has 4 rings (SSSR count). The molecule has 10 heteroatoms. The molecule has 0 bridgehead atoms. The summed E-state index contributed by atoms with van der Waals surface area (Å²) >= 11 is 1.07. The highest BCUT2D eigenvalue weighted by Gasteiger charge is 2.29. The molecule has 3 heterocycles. The van der Waals surface area contributed by atoms with Crippen LogP contribution in [0.25, 0.3) is 10.2 Å². The first-order chi connectivity index (χ1) is 16.3. The summed E-state index contributed by atoms with van der Waals surface area (Å²) in [4.78, 5) is 22.5. The van der Waals surface area contributed by atoms with Gasteiger partial charge in [-0.1, -0.05) is 12.1 Å². The Bertz CT molecular complexity index is 1130. The third-order valence-electron chi connectivity index (χ3n) is 6.06. The zero-order chi connectivity index (χ0) is 24.1. The maximum atomic E-state index is 12.8. The van der Waals surface area contributed by atoms with Gasteiger partial charge in [-0.05, 0) is 42.5 Å². The van der Waals surface area contributed by atoms with Crippen molar-refractivity contribution in [3.63, 3.8) is 0 Å². The lowest BCUT2D eigenvalue weighted by Gasteiger charge is -2.32. The first kappa shape index (κ1) is 24.4. The number of aryl methyl sites for hydroxylation is 1. The third kappa shape index (κ3) is 6.24. The molecule has 0 atom stereocenters. The largest absolute Gasteiger partial charge is 0.393 e. The van der Waals surface area contributed by atoms with E-state index in [-0.39, 0.29) is 10.9 Å². The van der Waals surface area contributed by atoms with E-state index in [9.17, 15) is 18.0 Å². The molecule has 0 amide bonds. The van der Waals surface area contributed by atoms with E-state index in [1.54, 1.807) is 6.07 Å². The molecule has 3 aromatic rings. The number of thiophene rings is 1. The van der Waals surface area contributed by atoms with Gasteiger partial charge in [0.2, 0.25) is 0 Å². The number of nitrogens with one attached hydrogen (secondary N) is 2. The minimum Gasteiger partial charge on any atom is -0.388 e. The van der Waals surface area contributed by atoms with Crippen LogP contribution in [0.4, 0.5) is 24.7 Å². The Balaban J connectivity index is 1.36. The van der Waals surface area contributed by atoms with Crippen LogP contribution in [-0.2, 0) is 24.2 Å². The Morgan fingerprint density at radius 3 is 2.71 bits per heavy atom. The summed E-state index contributed by atoms with van der Waals surface area (Å²) in [7, 11) is 1.88. The van der Waals surface area contributed by atoms with Crippen molar-refractivity contribution in [1.82, 2.24) is 14.9 Å². The highest BCUT2D eigenvalue weighted by atomic mass is 32.1. The van der Waals surface area contributed by atoms with E-state index >= 15 is 0 Å². The van der Waals surface area contributed by atoms with Crippen molar-refractivity contribution in [3.05, 3.63) is 46.6 Å². The fraction of sp³-hybridized carbons (Fsp3) is 0.458. The SMILES string of the molecule is CNc1ccc(CN2CCC(Nc3ncnc4sc(CC(F)(F)F)cc34)CC2)cc1CCC=O. The first-order valence-corrected chi connectivity index (χ1v) is 12.2. The number of halogens is 3. The van der Waals surface area contributed by atoms with Crippen molar-refractivity contribution in [3.8, 4) is 0 Å². The van der Waals surface area contributed by atoms with Crippen molar-refractivity contribution in [2.75, 3.05) is 30.8 Å². The molecule has 0 spiro atoms. The number of benzene rings is 1. The predicted octanol–water partition coefficient (Wildman–Crippen LogP) is 5.05. The van der Waals surface area contributed by atoms with Gasteiger partial charge in [0.05, 0.1) is 11.8 Å². The van der Waals surface area contributed by atoms with E-state index in [1.165, 1.54) is 11.9 Å². The number of likely N-dealkylation sites (tertiary alicyclic amines) is 1. The van der Waals surface area contributed by atoms with Crippen molar-refractivity contribution < 1.29 is 18.0 Å². The Morgan fingerprint density at radius 1 is 1.21 bits per heavy atom. The number of hydrogen-bond donors (Lipinski definition) is 2. The number of alkyl halides is 3. The highest BCUT2D eigenvalue weighted by molar-refractivity contribution is 7.18. The molecule has 0 aliphatic carbocycles. The van der Waals surface area contributed by atoms with Crippen LogP contribution in [0.15, 0.2) is 30.6 Å². The number of rotatable bonds is 9. The number of fused-ring (bicyclic) bond motifs is 1. The summed E-state index contributed by atoms with van der Waals surface area (Å²) in [5.41, 5.74) is 3.42. The van der Waals surface area contributed by atoms with Crippen LogP contribution in [0.2, 0.25) is 0 Å². The maximum absolute atomic E-state index is 12.8. The fourth-order valence-electron chi connectivity index (χ4n) is 4.40. The summed E-state index contributed by atoms with van der Waals surface area (Å²) in [6, 6.07) is 8.12. The molecule has 6 nitrogen and oxygen atoms in total. The molecule has 34 heavy (non-hydrogen) atoms. The van der Waals surface area contributed by atoms with Crippen molar-refractivity contribution in [2.45, 2.75) is 50.9 Å². The summed E-state index contributed by atoms with van der Waals surface area (Å²) in [6.07, 6.45) is 0.228. The minimum absolute atomic E-state index is 0.204. The van der Waals surface area contributed by atoms with E-state index in [2.05, 4.69) is 43.7 Å². The lowest BCUT2D eigenvalue weighted by molar-refractivity contribution is -0.126. The number of carbonyl (C=O) groups excluding carboxylic acids is 1.